The Morgan fingerprint density at radius 1 is 1.00 bits per heavy atom. The molecule has 1 heterocycles. The Labute approximate surface area is 132 Å². The summed E-state index contributed by atoms with van der Waals surface area (Å²) in [6.45, 7) is 3.51. The summed E-state index contributed by atoms with van der Waals surface area (Å²) < 4.78 is 0. The minimum absolute atomic E-state index is 0. The van der Waals surface area contributed by atoms with Crippen molar-refractivity contribution in [3.8, 4) is 0 Å². The molecule has 2 N–H and O–H groups in total. The molecule has 3 atom stereocenters. The first-order chi connectivity index (χ1) is 9.79. The van der Waals surface area contributed by atoms with Crippen LogP contribution in [-0.2, 0) is 6.54 Å². The molecule has 1 saturated carbocycles. The Kier molecular flexibility index (Phi) is 4.21. The van der Waals surface area contributed by atoms with Crippen molar-refractivity contribution in [3.63, 3.8) is 0 Å². The molecule has 21 heavy (non-hydrogen) atoms. The van der Waals surface area contributed by atoms with Crippen LogP contribution in [0.15, 0.2) is 42.5 Å². The van der Waals surface area contributed by atoms with Crippen molar-refractivity contribution in [1.29, 1.82) is 0 Å². The van der Waals surface area contributed by atoms with E-state index in [2.05, 4.69) is 47.4 Å². The maximum Gasteiger partial charge on any atom is 0.0234 e. The Morgan fingerprint density at radius 2 is 1.81 bits per heavy atom. The monoisotopic (exact) mass is 302 g/mol. The second kappa shape index (κ2) is 5.96. The van der Waals surface area contributed by atoms with Crippen LogP contribution in [0.1, 0.15) is 18.4 Å². The van der Waals surface area contributed by atoms with E-state index >= 15 is 0 Å². The van der Waals surface area contributed by atoms with Crippen molar-refractivity contribution < 1.29 is 0 Å². The molecular weight excluding hydrogens is 280 g/mol. The zero-order valence-corrected chi connectivity index (χ0v) is 13.1. The summed E-state index contributed by atoms with van der Waals surface area (Å²) in [4.78, 5) is 2.60. The molecule has 3 heteroatoms. The van der Waals surface area contributed by atoms with Gasteiger partial charge in [0.05, 0.1) is 0 Å². The third-order valence-corrected chi connectivity index (χ3v) is 5.21. The van der Waals surface area contributed by atoms with Gasteiger partial charge in [0.2, 0.25) is 0 Å². The molecule has 0 radical (unpaired) electrons. The van der Waals surface area contributed by atoms with Crippen LogP contribution < -0.4 is 5.73 Å². The summed E-state index contributed by atoms with van der Waals surface area (Å²) in [6.07, 6.45) is 2.57. The van der Waals surface area contributed by atoms with Crippen LogP contribution in [0.5, 0.6) is 0 Å². The SMILES string of the molecule is Cl.NC1CCC2CN(Cc3ccc4ccccc4c3)CC12. The second-order valence-electron chi connectivity index (χ2n) is 6.54. The topological polar surface area (TPSA) is 29.3 Å². The number of hydrogen-bond acceptors (Lipinski definition) is 2. The van der Waals surface area contributed by atoms with Gasteiger partial charge >= 0.3 is 0 Å². The van der Waals surface area contributed by atoms with Crippen molar-refractivity contribution in [2.75, 3.05) is 13.1 Å². The summed E-state index contributed by atoms with van der Waals surface area (Å²) in [5.41, 5.74) is 7.65. The lowest BCUT2D eigenvalue weighted by Crippen LogP contribution is -2.30. The molecule has 2 aromatic rings. The molecule has 112 valence electrons. The van der Waals surface area contributed by atoms with E-state index < -0.39 is 0 Å². The van der Waals surface area contributed by atoms with Gasteiger partial charge in [-0.2, -0.15) is 0 Å². The minimum atomic E-state index is 0. The highest BCUT2D eigenvalue weighted by Crippen LogP contribution is 2.37. The predicted molar refractivity (Wildman–Crippen MR) is 90.7 cm³/mol. The van der Waals surface area contributed by atoms with E-state index in [9.17, 15) is 0 Å². The number of fused-ring (bicyclic) bond motifs is 2. The number of likely N-dealkylation sites (tertiary alicyclic amines) is 1. The molecule has 2 nitrogen and oxygen atoms in total. The molecule has 2 aliphatic rings. The average Bonchev–Trinajstić information content (AvgIpc) is 3.01. The van der Waals surface area contributed by atoms with Crippen LogP contribution in [0, 0.1) is 11.8 Å². The molecule has 0 bridgehead atoms. The third-order valence-electron chi connectivity index (χ3n) is 5.21. The summed E-state index contributed by atoms with van der Waals surface area (Å²) in [5.74, 6) is 1.60. The Balaban J connectivity index is 0.00000132. The number of nitrogens with two attached hydrogens (primary N) is 1. The fraction of sp³-hybridized carbons (Fsp3) is 0.444. The lowest BCUT2D eigenvalue weighted by molar-refractivity contribution is 0.298. The van der Waals surface area contributed by atoms with Gasteiger partial charge in [0.1, 0.15) is 0 Å². The highest BCUT2D eigenvalue weighted by molar-refractivity contribution is 5.85. The standard InChI is InChI=1S/C18H22N2.ClH/c19-18-8-7-16-11-20(12-17(16)18)10-13-5-6-14-3-1-2-4-15(14)9-13;/h1-6,9,16-18H,7-8,10-12,19H2;1H. The average molecular weight is 303 g/mol. The number of benzene rings is 2. The van der Waals surface area contributed by atoms with E-state index in [-0.39, 0.29) is 12.4 Å². The molecule has 1 saturated heterocycles. The highest BCUT2D eigenvalue weighted by Gasteiger charge is 2.40. The number of hydrogen-bond donors (Lipinski definition) is 1. The molecule has 4 rings (SSSR count). The van der Waals surface area contributed by atoms with Crippen molar-refractivity contribution in [2.45, 2.75) is 25.4 Å². The predicted octanol–water partition coefficient (Wildman–Crippen LogP) is 3.43. The van der Waals surface area contributed by atoms with Crippen LogP contribution in [-0.4, -0.2) is 24.0 Å². The normalized spacial score (nSPS) is 28.5. The molecule has 1 aliphatic carbocycles. The lowest BCUT2D eigenvalue weighted by Gasteiger charge is -2.18. The van der Waals surface area contributed by atoms with Gasteiger partial charge in [0.25, 0.3) is 0 Å². The van der Waals surface area contributed by atoms with E-state index in [0.29, 0.717) is 6.04 Å². The van der Waals surface area contributed by atoms with Gasteiger partial charge in [0.15, 0.2) is 0 Å². The Morgan fingerprint density at radius 3 is 2.62 bits per heavy atom. The number of halogens is 1. The smallest absolute Gasteiger partial charge is 0.0234 e. The van der Waals surface area contributed by atoms with Gasteiger partial charge in [-0.1, -0.05) is 36.4 Å². The summed E-state index contributed by atoms with van der Waals surface area (Å²) in [6, 6.07) is 15.9. The summed E-state index contributed by atoms with van der Waals surface area (Å²) >= 11 is 0. The van der Waals surface area contributed by atoms with Crippen molar-refractivity contribution >= 4 is 23.2 Å². The van der Waals surface area contributed by atoms with Crippen LogP contribution >= 0.6 is 12.4 Å². The Bertz CT molecular complexity index is 627. The van der Waals surface area contributed by atoms with E-state index in [0.717, 1.165) is 18.4 Å². The first-order valence-corrected chi connectivity index (χ1v) is 7.75. The molecule has 3 unspecified atom stereocenters. The molecule has 0 aromatic heterocycles. The molecule has 0 spiro atoms. The maximum atomic E-state index is 6.22. The first-order valence-electron chi connectivity index (χ1n) is 7.75. The largest absolute Gasteiger partial charge is 0.327 e. The summed E-state index contributed by atoms with van der Waals surface area (Å²) in [5, 5.41) is 2.68. The van der Waals surface area contributed by atoms with E-state index in [1.54, 1.807) is 0 Å². The van der Waals surface area contributed by atoms with Gasteiger partial charge in [-0.25, -0.2) is 0 Å². The number of rotatable bonds is 2. The van der Waals surface area contributed by atoms with Crippen LogP contribution in [0.4, 0.5) is 0 Å². The highest BCUT2D eigenvalue weighted by atomic mass is 35.5. The zero-order valence-electron chi connectivity index (χ0n) is 12.2. The van der Waals surface area contributed by atoms with E-state index in [4.69, 9.17) is 5.73 Å². The van der Waals surface area contributed by atoms with Gasteiger partial charge in [-0.3, -0.25) is 4.90 Å². The lowest BCUT2D eigenvalue weighted by atomic mass is 9.98. The minimum Gasteiger partial charge on any atom is -0.327 e. The zero-order chi connectivity index (χ0) is 13.5. The van der Waals surface area contributed by atoms with Gasteiger partial charge in [-0.05, 0) is 47.1 Å². The molecule has 0 amide bonds. The quantitative estimate of drug-likeness (QED) is 0.921. The van der Waals surface area contributed by atoms with Crippen LogP contribution in [0.3, 0.4) is 0 Å². The van der Waals surface area contributed by atoms with Crippen molar-refractivity contribution in [2.24, 2.45) is 17.6 Å². The number of nitrogens with zero attached hydrogens (tertiary/aromatic N) is 1. The fourth-order valence-corrected chi connectivity index (χ4v) is 4.12. The van der Waals surface area contributed by atoms with E-state index in [1.165, 1.54) is 42.3 Å². The van der Waals surface area contributed by atoms with Crippen LogP contribution in [0.2, 0.25) is 0 Å². The van der Waals surface area contributed by atoms with Gasteiger partial charge in [0, 0.05) is 25.7 Å². The summed E-state index contributed by atoms with van der Waals surface area (Å²) in [7, 11) is 0. The first kappa shape index (κ1) is 14.8. The fourth-order valence-electron chi connectivity index (χ4n) is 4.12. The second-order valence-corrected chi connectivity index (χ2v) is 6.54. The molecule has 1 aliphatic heterocycles. The van der Waals surface area contributed by atoms with Gasteiger partial charge < -0.3 is 5.73 Å². The molecule has 2 aromatic carbocycles. The molecular formula is C18H23ClN2. The van der Waals surface area contributed by atoms with Crippen LogP contribution in [0.25, 0.3) is 10.8 Å². The maximum absolute atomic E-state index is 6.22. The van der Waals surface area contributed by atoms with E-state index in [1.807, 2.05) is 0 Å². The van der Waals surface area contributed by atoms with Gasteiger partial charge in [-0.15, -0.1) is 12.4 Å². The Hall–Kier alpha value is -1.09. The molecule has 2 fully saturated rings. The third kappa shape index (κ3) is 2.80. The van der Waals surface area contributed by atoms with Crippen molar-refractivity contribution in [3.05, 3.63) is 48.0 Å². The van der Waals surface area contributed by atoms with Crippen molar-refractivity contribution in [1.82, 2.24) is 4.90 Å².